The summed E-state index contributed by atoms with van der Waals surface area (Å²) < 4.78 is 42.9. The maximum Gasteiger partial charge on any atom is 0.417 e. The van der Waals surface area contributed by atoms with Crippen LogP contribution in [0.2, 0.25) is 5.02 Å². The third-order valence-corrected chi connectivity index (χ3v) is 2.69. The van der Waals surface area contributed by atoms with Crippen LogP contribution in [-0.4, -0.2) is 11.1 Å². The fourth-order valence-corrected chi connectivity index (χ4v) is 1.70. The van der Waals surface area contributed by atoms with E-state index < -0.39 is 22.9 Å². The van der Waals surface area contributed by atoms with Crippen LogP contribution in [0.5, 0.6) is 5.75 Å². The molecule has 2 rings (SSSR count). The van der Waals surface area contributed by atoms with E-state index in [0.717, 1.165) is 12.1 Å². The van der Waals surface area contributed by atoms with Gasteiger partial charge >= 0.3 is 12.3 Å². The second-order valence-electron chi connectivity index (χ2n) is 3.90. The zero-order chi connectivity index (χ0) is 15.5. The van der Waals surface area contributed by atoms with Crippen LogP contribution in [0.1, 0.15) is 5.56 Å². The Morgan fingerprint density at radius 2 is 2.05 bits per heavy atom. The quantitative estimate of drug-likeness (QED) is 0.895. The van der Waals surface area contributed by atoms with E-state index in [4.69, 9.17) is 16.3 Å². The molecule has 21 heavy (non-hydrogen) atoms. The van der Waals surface area contributed by atoms with Crippen molar-refractivity contribution in [2.75, 3.05) is 5.32 Å². The minimum absolute atomic E-state index is 0.0828. The lowest BCUT2D eigenvalue weighted by Gasteiger charge is -2.11. The molecule has 0 saturated carbocycles. The van der Waals surface area contributed by atoms with Gasteiger partial charge in [-0.25, -0.2) is 4.79 Å². The van der Waals surface area contributed by atoms with Crippen molar-refractivity contribution in [2.24, 2.45) is 0 Å². The average molecular weight is 317 g/mol. The number of anilines is 1. The molecule has 8 heteroatoms. The molecule has 1 amide bonds. The van der Waals surface area contributed by atoms with Crippen molar-refractivity contribution < 1.29 is 22.7 Å². The van der Waals surface area contributed by atoms with Gasteiger partial charge in [0, 0.05) is 11.9 Å². The number of rotatable bonds is 2. The average Bonchev–Trinajstić information content (AvgIpc) is 2.41. The van der Waals surface area contributed by atoms with Crippen LogP contribution >= 0.6 is 11.6 Å². The van der Waals surface area contributed by atoms with Crippen LogP contribution in [0.15, 0.2) is 42.7 Å². The first-order valence-electron chi connectivity index (χ1n) is 5.62. The van der Waals surface area contributed by atoms with Gasteiger partial charge in [0.05, 0.1) is 16.8 Å². The van der Waals surface area contributed by atoms with Crippen LogP contribution in [0.3, 0.4) is 0 Å². The Hall–Kier alpha value is -2.28. The predicted octanol–water partition coefficient (Wildman–Crippen LogP) is 4.36. The minimum atomic E-state index is -4.61. The molecule has 2 aromatic rings. The molecule has 0 aliphatic rings. The molecule has 0 atom stereocenters. The van der Waals surface area contributed by atoms with Gasteiger partial charge in [-0.05, 0) is 30.3 Å². The number of hydrogen-bond acceptors (Lipinski definition) is 3. The lowest BCUT2D eigenvalue weighted by atomic mass is 10.2. The highest BCUT2D eigenvalue weighted by molar-refractivity contribution is 6.31. The molecule has 0 aliphatic carbocycles. The Kier molecular flexibility index (Phi) is 4.32. The van der Waals surface area contributed by atoms with E-state index in [1.54, 1.807) is 6.07 Å². The van der Waals surface area contributed by atoms with Crippen molar-refractivity contribution >= 4 is 23.4 Å². The van der Waals surface area contributed by atoms with Crippen molar-refractivity contribution in [1.29, 1.82) is 0 Å². The van der Waals surface area contributed by atoms with Gasteiger partial charge in [0.1, 0.15) is 0 Å². The van der Waals surface area contributed by atoms with Gasteiger partial charge in [0.2, 0.25) is 0 Å². The van der Waals surface area contributed by atoms with Gasteiger partial charge in [-0.1, -0.05) is 11.6 Å². The summed E-state index contributed by atoms with van der Waals surface area (Å²) in [5.41, 5.74) is -1.12. The maximum atomic E-state index is 12.7. The van der Waals surface area contributed by atoms with Crippen LogP contribution < -0.4 is 10.1 Å². The zero-order valence-corrected chi connectivity index (χ0v) is 11.1. The molecule has 0 radical (unpaired) electrons. The molecular weight excluding hydrogens is 309 g/mol. The largest absolute Gasteiger partial charge is 0.417 e. The summed E-state index contributed by atoms with van der Waals surface area (Å²) in [6.45, 7) is 0. The van der Waals surface area contributed by atoms with Crippen LogP contribution in [-0.2, 0) is 6.18 Å². The lowest BCUT2D eigenvalue weighted by Crippen LogP contribution is -2.17. The SMILES string of the molecule is O=C(Nc1ccc(Cl)c(C(F)(F)F)c1)Oc1cccnc1. The Balaban J connectivity index is 2.11. The standard InChI is InChI=1S/C13H8ClF3N2O2/c14-11-4-3-8(6-10(11)13(15,16)17)19-12(20)21-9-2-1-5-18-7-9/h1-7H,(H,19,20). The number of aromatic nitrogens is 1. The molecule has 0 unspecified atom stereocenters. The van der Waals surface area contributed by atoms with Gasteiger partial charge < -0.3 is 4.74 Å². The second-order valence-corrected chi connectivity index (χ2v) is 4.30. The lowest BCUT2D eigenvalue weighted by molar-refractivity contribution is -0.137. The first-order chi connectivity index (χ1) is 9.86. The summed E-state index contributed by atoms with van der Waals surface area (Å²) in [6.07, 6.45) is -2.76. The second kappa shape index (κ2) is 6.01. The van der Waals surface area contributed by atoms with E-state index in [2.05, 4.69) is 10.3 Å². The number of ether oxygens (including phenoxy) is 1. The highest BCUT2D eigenvalue weighted by Crippen LogP contribution is 2.36. The molecule has 0 aliphatic heterocycles. The van der Waals surface area contributed by atoms with E-state index in [-0.39, 0.29) is 11.4 Å². The molecule has 1 aromatic heterocycles. The van der Waals surface area contributed by atoms with Gasteiger partial charge in [0.15, 0.2) is 5.75 Å². The zero-order valence-electron chi connectivity index (χ0n) is 10.3. The number of hydrogen-bond donors (Lipinski definition) is 1. The molecule has 0 spiro atoms. The first-order valence-corrected chi connectivity index (χ1v) is 5.99. The monoisotopic (exact) mass is 316 g/mol. The number of nitrogens with zero attached hydrogens (tertiary/aromatic N) is 1. The summed E-state index contributed by atoms with van der Waals surface area (Å²) in [5.74, 6) is 0.167. The third-order valence-electron chi connectivity index (χ3n) is 2.36. The van der Waals surface area contributed by atoms with Crippen molar-refractivity contribution in [2.45, 2.75) is 6.18 Å². The Morgan fingerprint density at radius 1 is 1.29 bits per heavy atom. The topological polar surface area (TPSA) is 51.2 Å². The molecule has 110 valence electrons. The van der Waals surface area contributed by atoms with Gasteiger partial charge in [0.25, 0.3) is 0 Å². The van der Waals surface area contributed by atoms with Gasteiger partial charge in [-0.2, -0.15) is 13.2 Å². The molecule has 0 bridgehead atoms. The molecule has 1 aromatic carbocycles. The fraction of sp³-hybridized carbons (Fsp3) is 0.0769. The van der Waals surface area contributed by atoms with Crippen LogP contribution in [0.25, 0.3) is 0 Å². The minimum Gasteiger partial charge on any atom is -0.408 e. The number of carbonyl (C=O) groups excluding carboxylic acids is 1. The van der Waals surface area contributed by atoms with E-state index in [1.807, 2.05) is 0 Å². The van der Waals surface area contributed by atoms with Crippen LogP contribution in [0, 0.1) is 0 Å². The van der Waals surface area contributed by atoms with Crippen LogP contribution in [0.4, 0.5) is 23.7 Å². The number of pyridine rings is 1. The van der Waals surface area contributed by atoms with Crippen molar-refractivity contribution in [3.63, 3.8) is 0 Å². The smallest absolute Gasteiger partial charge is 0.408 e. The number of amides is 1. The third kappa shape index (κ3) is 4.09. The fourth-order valence-electron chi connectivity index (χ4n) is 1.48. The van der Waals surface area contributed by atoms with Gasteiger partial charge in [-0.15, -0.1) is 0 Å². The predicted molar refractivity (Wildman–Crippen MR) is 70.3 cm³/mol. The molecule has 0 fully saturated rings. The Morgan fingerprint density at radius 3 is 2.67 bits per heavy atom. The summed E-state index contributed by atoms with van der Waals surface area (Å²) in [5, 5.41) is 1.73. The van der Waals surface area contributed by atoms with E-state index in [1.165, 1.54) is 24.5 Å². The van der Waals surface area contributed by atoms with Crippen molar-refractivity contribution in [3.05, 3.63) is 53.3 Å². The van der Waals surface area contributed by atoms with Crippen molar-refractivity contribution in [3.8, 4) is 5.75 Å². The van der Waals surface area contributed by atoms with Gasteiger partial charge in [-0.3, -0.25) is 10.3 Å². The summed E-state index contributed by atoms with van der Waals surface area (Å²) in [6, 6.07) is 6.04. The summed E-state index contributed by atoms with van der Waals surface area (Å²) in [7, 11) is 0. The van der Waals surface area contributed by atoms with E-state index in [0.29, 0.717) is 0 Å². The summed E-state index contributed by atoms with van der Waals surface area (Å²) >= 11 is 5.47. The number of carbonyl (C=O) groups is 1. The number of alkyl halides is 3. The Bertz CT molecular complexity index is 648. The molecular formula is C13H8ClF3N2O2. The number of halogens is 4. The number of benzene rings is 1. The van der Waals surface area contributed by atoms with E-state index >= 15 is 0 Å². The van der Waals surface area contributed by atoms with Crippen molar-refractivity contribution in [1.82, 2.24) is 4.98 Å². The highest BCUT2D eigenvalue weighted by Gasteiger charge is 2.33. The number of nitrogens with one attached hydrogen (secondary N) is 1. The Labute approximate surface area is 122 Å². The normalized spacial score (nSPS) is 11.0. The molecule has 4 nitrogen and oxygen atoms in total. The highest BCUT2D eigenvalue weighted by atomic mass is 35.5. The van der Waals surface area contributed by atoms with E-state index in [9.17, 15) is 18.0 Å². The molecule has 1 N–H and O–H groups in total. The molecule has 0 saturated heterocycles. The summed E-state index contributed by atoms with van der Waals surface area (Å²) in [4.78, 5) is 15.3. The molecule has 1 heterocycles. The first kappa shape index (κ1) is 15.1. The maximum absolute atomic E-state index is 12.7.